The normalized spacial score (nSPS) is 11.5. The predicted octanol–water partition coefficient (Wildman–Crippen LogP) is 1.78. The van der Waals surface area contributed by atoms with E-state index in [1.165, 1.54) is 12.1 Å². The van der Waals surface area contributed by atoms with E-state index >= 15 is 0 Å². The number of hydrogen-bond acceptors (Lipinski definition) is 2. The fourth-order valence-electron chi connectivity index (χ4n) is 1.39. The Morgan fingerprint density at radius 1 is 1.41 bits per heavy atom. The zero-order valence-corrected chi connectivity index (χ0v) is 10.4. The number of hydrogen-bond donors (Lipinski definition) is 2. The molecular formula is C11H15ClF2N2O. The summed E-state index contributed by atoms with van der Waals surface area (Å²) in [6, 6.07) is 3.34. The molecule has 1 rings (SSSR count). The van der Waals surface area contributed by atoms with Gasteiger partial charge in [0, 0.05) is 5.56 Å². The molecule has 0 aliphatic rings. The van der Waals surface area contributed by atoms with Crippen molar-refractivity contribution < 1.29 is 13.6 Å². The van der Waals surface area contributed by atoms with Crippen molar-refractivity contribution in [1.29, 1.82) is 0 Å². The first kappa shape index (κ1) is 15.8. The lowest BCUT2D eigenvalue weighted by Gasteiger charge is -2.15. The molecule has 0 fully saturated rings. The van der Waals surface area contributed by atoms with Gasteiger partial charge in [0.15, 0.2) is 11.6 Å². The van der Waals surface area contributed by atoms with E-state index in [-0.39, 0.29) is 30.4 Å². The molecule has 1 atom stereocenters. The summed E-state index contributed by atoms with van der Waals surface area (Å²) in [6.07, 6.45) is 0. The van der Waals surface area contributed by atoms with Crippen LogP contribution in [0.4, 0.5) is 8.78 Å². The van der Waals surface area contributed by atoms with Gasteiger partial charge in [-0.2, -0.15) is 0 Å². The Hall–Kier alpha value is -1.20. The topological polar surface area (TPSA) is 41.1 Å². The van der Waals surface area contributed by atoms with Crippen LogP contribution in [0.2, 0.25) is 0 Å². The molecule has 2 N–H and O–H groups in total. The van der Waals surface area contributed by atoms with Crippen LogP contribution >= 0.6 is 12.4 Å². The van der Waals surface area contributed by atoms with Gasteiger partial charge in [-0.15, -0.1) is 12.4 Å². The molecule has 0 saturated heterocycles. The van der Waals surface area contributed by atoms with E-state index in [9.17, 15) is 13.6 Å². The fraction of sp³-hybridized carbons (Fsp3) is 0.364. The van der Waals surface area contributed by atoms with E-state index in [1.54, 1.807) is 14.0 Å². The molecule has 1 amide bonds. The molecule has 0 bridgehead atoms. The number of halogens is 3. The molecule has 0 radical (unpaired) electrons. The highest BCUT2D eigenvalue weighted by molar-refractivity contribution is 5.85. The zero-order valence-electron chi connectivity index (χ0n) is 9.59. The van der Waals surface area contributed by atoms with Crippen molar-refractivity contribution >= 4 is 18.3 Å². The summed E-state index contributed by atoms with van der Waals surface area (Å²) < 4.78 is 26.3. The third-order valence-corrected chi connectivity index (χ3v) is 2.16. The van der Waals surface area contributed by atoms with Crippen molar-refractivity contribution in [1.82, 2.24) is 10.6 Å². The van der Waals surface area contributed by atoms with Crippen LogP contribution in [0.15, 0.2) is 18.2 Å². The maximum absolute atomic E-state index is 13.3. The molecular weight excluding hydrogens is 250 g/mol. The first-order chi connectivity index (χ1) is 7.56. The van der Waals surface area contributed by atoms with Gasteiger partial charge in [0.2, 0.25) is 5.91 Å². The van der Waals surface area contributed by atoms with Crippen LogP contribution in [-0.2, 0) is 4.79 Å². The van der Waals surface area contributed by atoms with Gasteiger partial charge in [-0.1, -0.05) is 12.1 Å². The van der Waals surface area contributed by atoms with Gasteiger partial charge in [-0.25, -0.2) is 8.78 Å². The molecule has 0 heterocycles. The lowest BCUT2D eigenvalue weighted by Crippen LogP contribution is -2.34. The molecule has 1 aromatic rings. The monoisotopic (exact) mass is 264 g/mol. The summed E-state index contributed by atoms with van der Waals surface area (Å²) in [5.74, 6) is -2.09. The first-order valence-corrected chi connectivity index (χ1v) is 4.94. The number of carbonyl (C=O) groups is 1. The average molecular weight is 265 g/mol. The number of nitrogens with one attached hydrogen (secondary N) is 2. The number of carbonyl (C=O) groups excluding carboxylic acids is 1. The predicted molar refractivity (Wildman–Crippen MR) is 64.1 cm³/mol. The Bertz CT molecular complexity index is 388. The van der Waals surface area contributed by atoms with E-state index in [0.29, 0.717) is 0 Å². The minimum absolute atomic E-state index is 0. The lowest BCUT2D eigenvalue weighted by atomic mass is 10.1. The van der Waals surface area contributed by atoms with E-state index in [1.807, 2.05) is 0 Å². The molecule has 0 saturated carbocycles. The Balaban J connectivity index is 0.00000256. The molecule has 17 heavy (non-hydrogen) atoms. The quantitative estimate of drug-likeness (QED) is 0.870. The maximum atomic E-state index is 13.3. The summed E-state index contributed by atoms with van der Waals surface area (Å²) in [7, 11) is 1.63. The largest absolute Gasteiger partial charge is 0.348 e. The number of amides is 1. The van der Waals surface area contributed by atoms with Crippen LogP contribution in [0.3, 0.4) is 0 Å². The summed E-state index contributed by atoms with van der Waals surface area (Å²) in [4.78, 5) is 11.2. The maximum Gasteiger partial charge on any atom is 0.234 e. The number of likely N-dealkylation sites (N-methyl/N-ethyl adjacent to an activating group) is 1. The van der Waals surface area contributed by atoms with Gasteiger partial charge in [0.25, 0.3) is 0 Å². The van der Waals surface area contributed by atoms with Crippen molar-refractivity contribution in [2.75, 3.05) is 13.6 Å². The van der Waals surface area contributed by atoms with Gasteiger partial charge in [-0.05, 0) is 20.0 Å². The Labute approximate surface area is 105 Å². The second-order valence-electron chi connectivity index (χ2n) is 3.46. The fourth-order valence-corrected chi connectivity index (χ4v) is 1.39. The zero-order chi connectivity index (χ0) is 12.1. The summed E-state index contributed by atoms with van der Waals surface area (Å²) in [5.41, 5.74) is 0.143. The molecule has 0 aliphatic carbocycles. The van der Waals surface area contributed by atoms with Crippen LogP contribution in [0.1, 0.15) is 18.5 Å². The number of rotatable bonds is 4. The molecule has 1 aromatic carbocycles. The minimum atomic E-state index is -0.917. The van der Waals surface area contributed by atoms with Crippen molar-refractivity contribution in [3.05, 3.63) is 35.4 Å². The van der Waals surface area contributed by atoms with Crippen LogP contribution in [0, 0.1) is 11.6 Å². The van der Waals surface area contributed by atoms with E-state index in [2.05, 4.69) is 10.6 Å². The standard InChI is InChI=1S/C11H14F2N2O.ClH/c1-7(15-10(16)6-14-2)8-4-3-5-9(12)11(8)13;/h3-5,7,14H,6H2,1-2H3,(H,15,16);1H. The molecule has 0 spiro atoms. The van der Waals surface area contributed by atoms with Crippen LogP contribution in [0.25, 0.3) is 0 Å². The van der Waals surface area contributed by atoms with Crippen LogP contribution in [0.5, 0.6) is 0 Å². The smallest absolute Gasteiger partial charge is 0.234 e. The van der Waals surface area contributed by atoms with Crippen LogP contribution < -0.4 is 10.6 Å². The van der Waals surface area contributed by atoms with Gasteiger partial charge in [-0.3, -0.25) is 4.79 Å². The van der Waals surface area contributed by atoms with E-state index < -0.39 is 17.7 Å². The second-order valence-corrected chi connectivity index (χ2v) is 3.46. The Morgan fingerprint density at radius 3 is 2.65 bits per heavy atom. The Morgan fingerprint density at radius 2 is 2.06 bits per heavy atom. The lowest BCUT2D eigenvalue weighted by molar-refractivity contribution is -0.120. The van der Waals surface area contributed by atoms with Gasteiger partial charge in [0.1, 0.15) is 0 Å². The summed E-state index contributed by atoms with van der Waals surface area (Å²) in [5, 5.41) is 5.23. The summed E-state index contributed by atoms with van der Waals surface area (Å²) in [6.45, 7) is 1.74. The third-order valence-electron chi connectivity index (χ3n) is 2.16. The average Bonchev–Trinajstić information content (AvgIpc) is 2.22. The molecule has 96 valence electrons. The van der Waals surface area contributed by atoms with E-state index in [0.717, 1.165) is 6.07 Å². The van der Waals surface area contributed by atoms with Crippen molar-refractivity contribution in [2.24, 2.45) is 0 Å². The van der Waals surface area contributed by atoms with Crippen molar-refractivity contribution in [3.63, 3.8) is 0 Å². The second kappa shape index (κ2) is 7.19. The minimum Gasteiger partial charge on any atom is -0.348 e. The van der Waals surface area contributed by atoms with Crippen molar-refractivity contribution in [2.45, 2.75) is 13.0 Å². The van der Waals surface area contributed by atoms with Crippen molar-refractivity contribution in [3.8, 4) is 0 Å². The van der Waals surface area contributed by atoms with E-state index in [4.69, 9.17) is 0 Å². The van der Waals surface area contributed by atoms with Gasteiger partial charge >= 0.3 is 0 Å². The highest BCUT2D eigenvalue weighted by atomic mass is 35.5. The van der Waals surface area contributed by atoms with Gasteiger partial charge in [0.05, 0.1) is 12.6 Å². The molecule has 0 aromatic heterocycles. The molecule has 6 heteroatoms. The van der Waals surface area contributed by atoms with Gasteiger partial charge < -0.3 is 10.6 Å². The van der Waals surface area contributed by atoms with Crippen LogP contribution in [-0.4, -0.2) is 19.5 Å². The molecule has 3 nitrogen and oxygen atoms in total. The SMILES string of the molecule is CNCC(=O)NC(C)c1cccc(F)c1F.Cl. The molecule has 0 aliphatic heterocycles. The Kier molecular flexibility index (Phi) is 6.68. The highest BCUT2D eigenvalue weighted by Gasteiger charge is 2.15. The summed E-state index contributed by atoms with van der Waals surface area (Å²) >= 11 is 0. The third kappa shape index (κ3) is 4.28. The first-order valence-electron chi connectivity index (χ1n) is 4.94. The number of benzene rings is 1. The highest BCUT2D eigenvalue weighted by Crippen LogP contribution is 2.18. The molecule has 1 unspecified atom stereocenters.